The van der Waals surface area contributed by atoms with E-state index in [1.165, 1.54) is 106 Å². The van der Waals surface area contributed by atoms with Gasteiger partial charge in [-0.2, -0.15) is 0 Å². The predicted molar refractivity (Wildman–Crippen MR) is 273 cm³/mol. The second-order valence-electron chi connectivity index (χ2n) is 21.5. The van der Waals surface area contributed by atoms with Gasteiger partial charge in [0.2, 0.25) is 0 Å². The molecule has 0 spiro atoms. The van der Waals surface area contributed by atoms with Crippen LogP contribution >= 0.6 is 0 Å². The van der Waals surface area contributed by atoms with Crippen molar-refractivity contribution in [2.24, 2.45) is 0 Å². The van der Waals surface area contributed by atoms with Crippen molar-refractivity contribution in [1.29, 1.82) is 0 Å². The van der Waals surface area contributed by atoms with E-state index in [0.29, 0.717) is 0 Å². The Bertz CT molecular complexity index is 3320. The van der Waals surface area contributed by atoms with Crippen molar-refractivity contribution in [2.75, 3.05) is 4.90 Å². The number of nitrogens with zero attached hydrogens (tertiary/aromatic N) is 2. The molecule has 0 aliphatic heterocycles. The fourth-order valence-corrected chi connectivity index (χ4v) is 11.0. The van der Waals surface area contributed by atoms with Crippen molar-refractivity contribution in [3.63, 3.8) is 0 Å². The minimum atomic E-state index is -0.179. The third kappa shape index (κ3) is 6.06. The molecule has 9 aromatic rings. The van der Waals surface area contributed by atoms with Crippen molar-refractivity contribution < 1.29 is 0 Å². The van der Waals surface area contributed by atoms with Crippen LogP contribution in [0.4, 0.5) is 17.1 Å². The van der Waals surface area contributed by atoms with E-state index >= 15 is 0 Å². The lowest BCUT2D eigenvalue weighted by Gasteiger charge is -2.33. The van der Waals surface area contributed by atoms with Crippen LogP contribution in [0.15, 0.2) is 170 Å². The van der Waals surface area contributed by atoms with E-state index in [-0.39, 0.29) is 21.7 Å². The molecule has 0 fully saturated rings. The van der Waals surface area contributed by atoms with Crippen LogP contribution in [0.1, 0.15) is 103 Å². The summed E-state index contributed by atoms with van der Waals surface area (Å²) in [6, 6.07) is 64.3. The van der Waals surface area contributed by atoms with Gasteiger partial charge in [0, 0.05) is 44.2 Å². The Morgan fingerprint density at radius 1 is 0.406 bits per heavy atom. The van der Waals surface area contributed by atoms with Crippen LogP contribution in [0.3, 0.4) is 0 Å². The minimum absolute atomic E-state index is 0.0470. The Kier molecular flexibility index (Phi) is 8.74. The molecule has 2 aliphatic carbocycles. The van der Waals surface area contributed by atoms with Crippen LogP contribution in [-0.2, 0) is 21.7 Å². The molecule has 8 aromatic carbocycles. The Labute approximate surface area is 379 Å². The second kappa shape index (κ2) is 13.9. The van der Waals surface area contributed by atoms with Gasteiger partial charge in [0.05, 0.1) is 16.7 Å². The second-order valence-corrected chi connectivity index (χ2v) is 21.5. The van der Waals surface area contributed by atoms with Gasteiger partial charge in [-0.3, -0.25) is 0 Å². The molecule has 0 radical (unpaired) electrons. The number of fused-ring (bicyclic) bond motifs is 9. The zero-order valence-corrected chi connectivity index (χ0v) is 39.1. The number of aromatic nitrogens is 1. The number of benzene rings is 8. The Morgan fingerprint density at radius 2 is 0.984 bits per heavy atom. The van der Waals surface area contributed by atoms with Gasteiger partial charge < -0.3 is 9.47 Å². The summed E-state index contributed by atoms with van der Waals surface area (Å²) >= 11 is 0. The summed E-state index contributed by atoms with van der Waals surface area (Å²) in [5, 5.41) is 2.52. The third-order valence-electron chi connectivity index (χ3n) is 14.7. The Hall–Kier alpha value is -6.64. The molecule has 0 N–H and O–H groups in total. The highest BCUT2D eigenvalue weighted by Crippen LogP contribution is 2.57. The molecule has 0 atom stereocenters. The lowest BCUT2D eigenvalue weighted by atomic mass is 9.77. The Morgan fingerprint density at radius 3 is 1.73 bits per heavy atom. The quantitative estimate of drug-likeness (QED) is 0.168. The van der Waals surface area contributed by atoms with Crippen LogP contribution in [0.2, 0.25) is 0 Å². The summed E-state index contributed by atoms with van der Waals surface area (Å²) in [5.74, 6) is 0. The van der Waals surface area contributed by atoms with Gasteiger partial charge in [-0.1, -0.05) is 178 Å². The zero-order chi connectivity index (χ0) is 44.5. The SMILES string of the molecule is CC(C)(C)c1ccc2c(c1)C(C)(C)c1cc(C(C)(C)C)cc(N(c3ccc(-c4ccc5c(c4)c4ccccc4n5-c4ccccc4)cc3)c3ccc4c(c3)C(C)(C)c3ccccc3-4)c1-2. The molecule has 64 heavy (non-hydrogen) atoms. The van der Waals surface area contributed by atoms with Crippen molar-refractivity contribution in [1.82, 2.24) is 4.57 Å². The summed E-state index contributed by atoms with van der Waals surface area (Å²) in [5.41, 5.74) is 22.9. The van der Waals surface area contributed by atoms with Gasteiger partial charge in [0.15, 0.2) is 0 Å². The topological polar surface area (TPSA) is 8.17 Å². The van der Waals surface area contributed by atoms with Crippen LogP contribution in [0.5, 0.6) is 0 Å². The standard InChI is InChI=1S/C62H58N2/c1-59(2,3)41-27-31-49-52(35-41)62(9,10)54-36-42(60(4,5)6)37-57(58(49)54)63(45-30-32-47-46-20-14-16-22-51(46)61(7,8)53(47)38-45)44-28-24-39(25-29-44)40-26-33-56-50(34-40)48-21-15-17-23-55(48)64(56)43-18-12-11-13-19-43/h11-38H,1-10H3. The van der Waals surface area contributed by atoms with E-state index in [1.807, 2.05) is 0 Å². The number of rotatable bonds is 5. The maximum atomic E-state index is 2.57. The van der Waals surface area contributed by atoms with Crippen molar-refractivity contribution in [3.8, 4) is 39.1 Å². The maximum absolute atomic E-state index is 2.57. The molecule has 0 unspecified atom stereocenters. The Balaban J connectivity index is 1.12. The summed E-state index contributed by atoms with van der Waals surface area (Å²) in [6.45, 7) is 23.7. The van der Waals surface area contributed by atoms with Gasteiger partial charge in [0.25, 0.3) is 0 Å². The lowest BCUT2D eigenvalue weighted by Crippen LogP contribution is -2.20. The number of hydrogen-bond donors (Lipinski definition) is 0. The summed E-state index contributed by atoms with van der Waals surface area (Å²) in [4.78, 5) is 2.57. The van der Waals surface area contributed by atoms with E-state index in [2.05, 4.69) is 249 Å². The fourth-order valence-electron chi connectivity index (χ4n) is 11.0. The fraction of sp³-hybridized carbons (Fsp3) is 0.226. The molecule has 316 valence electrons. The van der Waals surface area contributed by atoms with E-state index in [1.54, 1.807) is 0 Å². The first-order chi connectivity index (χ1) is 30.5. The highest BCUT2D eigenvalue weighted by Gasteiger charge is 2.41. The molecular formula is C62H58N2. The normalized spacial score (nSPS) is 14.7. The van der Waals surface area contributed by atoms with Crippen LogP contribution < -0.4 is 4.90 Å². The molecule has 0 saturated heterocycles. The molecule has 1 heterocycles. The summed E-state index contributed by atoms with van der Waals surface area (Å²) in [6.07, 6.45) is 0. The van der Waals surface area contributed by atoms with Crippen molar-refractivity contribution in [3.05, 3.63) is 203 Å². The average Bonchev–Trinajstić information content (AvgIpc) is 3.82. The molecule has 11 rings (SSSR count). The summed E-state index contributed by atoms with van der Waals surface area (Å²) < 4.78 is 2.39. The van der Waals surface area contributed by atoms with Gasteiger partial charge in [0.1, 0.15) is 0 Å². The molecule has 1 aromatic heterocycles. The highest BCUT2D eigenvalue weighted by atomic mass is 15.1. The van der Waals surface area contributed by atoms with E-state index in [0.717, 1.165) is 5.69 Å². The molecular weight excluding hydrogens is 773 g/mol. The number of para-hydroxylation sites is 2. The van der Waals surface area contributed by atoms with Gasteiger partial charge in [-0.25, -0.2) is 0 Å². The maximum Gasteiger partial charge on any atom is 0.0546 e. The lowest BCUT2D eigenvalue weighted by molar-refractivity contribution is 0.580. The van der Waals surface area contributed by atoms with Crippen LogP contribution in [-0.4, -0.2) is 4.57 Å². The minimum Gasteiger partial charge on any atom is -0.310 e. The van der Waals surface area contributed by atoms with Crippen LogP contribution in [0, 0.1) is 0 Å². The van der Waals surface area contributed by atoms with E-state index in [9.17, 15) is 0 Å². The molecule has 0 bridgehead atoms. The molecule has 0 amide bonds. The summed E-state index contributed by atoms with van der Waals surface area (Å²) in [7, 11) is 0. The first kappa shape index (κ1) is 40.2. The first-order valence-electron chi connectivity index (χ1n) is 23.1. The number of anilines is 3. The van der Waals surface area contributed by atoms with Gasteiger partial charge in [-0.15, -0.1) is 0 Å². The van der Waals surface area contributed by atoms with E-state index in [4.69, 9.17) is 0 Å². The zero-order valence-electron chi connectivity index (χ0n) is 39.1. The monoisotopic (exact) mass is 830 g/mol. The largest absolute Gasteiger partial charge is 0.310 e. The van der Waals surface area contributed by atoms with E-state index < -0.39 is 0 Å². The molecule has 2 heteroatoms. The molecule has 2 aliphatic rings. The molecule has 0 saturated carbocycles. The van der Waals surface area contributed by atoms with Crippen molar-refractivity contribution in [2.45, 2.75) is 90.9 Å². The van der Waals surface area contributed by atoms with Gasteiger partial charge >= 0.3 is 0 Å². The first-order valence-corrected chi connectivity index (χ1v) is 23.1. The van der Waals surface area contributed by atoms with Crippen molar-refractivity contribution >= 4 is 38.9 Å². The third-order valence-corrected chi connectivity index (χ3v) is 14.7. The predicted octanol–water partition coefficient (Wildman–Crippen LogP) is 17.1. The smallest absolute Gasteiger partial charge is 0.0546 e. The van der Waals surface area contributed by atoms with Crippen LogP contribution in [0.25, 0.3) is 60.9 Å². The number of hydrogen-bond acceptors (Lipinski definition) is 1. The van der Waals surface area contributed by atoms with Gasteiger partial charge in [-0.05, 0) is 133 Å². The highest BCUT2D eigenvalue weighted by molar-refractivity contribution is 6.10. The average molecular weight is 831 g/mol. The molecule has 2 nitrogen and oxygen atoms in total.